The molecule has 0 aliphatic carbocycles. The number of halogens is 3. The summed E-state index contributed by atoms with van der Waals surface area (Å²) in [6.45, 7) is 7.04. The number of hydrogen-bond acceptors (Lipinski definition) is 5. The molecule has 0 radical (unpaired) electrons. The fourth-order valence-electron chi connectivity index (χ4n) is 5.15. The number of alkyl halides is 3. The zero-order valence-corrected chi connectivity index (χ0v) is 20.1. The van der Waals surface area contributed by atoms with Gasteiger partial charge in [0.05, 0.1) is 5.56 Å². The predicted octanol–water partition coefficient (Wildman–Crippen LogP) is 4.21. The number of rotatable bonds is 7. The minimum Gasteiger partial charge on any atom is -0.381 e. The topological polar surface area (TPSA) is 48.9 Å². The van der Waals surface area contributed by atoms with Crippen LogP contribution >= 0.6 is 0 Å². The molecule has 2 fully saturated rings. The number of ether oxygens (including phenoxy) is 1. The molecule has 0 spiro atoms. The molecule has 1 aromatic heterocycles. The first-order chi connectivity index (χ1) is 16.8. The molecule has 2 aliphatic rings. The Morgan fingerprint density at radius 3 is 2.37 bits per heavy atom. The van der Waals surface area contributed by atoms with Crippen molar-refractivity contribution in [2.75, 3.05) is 50.8 Å². The van der Waals surface area contributed by atoms with E-state index in [0.29, 0.717) is 26.1 Å². The van der Waals surface area contributed by atoms with Gasteiger partial charge in [0.15, 0.2) is 0 Å². The average Bonchev–Trinajstić information content (AvgIpc) is 2.88. The van der Waals surface area contributed by atoms with Gasteiger partial charge in [0.1, 0.15) is 5.82 Å². The van der Waals surface area contributed by atoms with E-state index in [1.807, 2.05) is 18.2 Å². The van der Waals surface area contributed by atoms with Crippen molar-refractivity contribution in [1.82, 2.24) is 14.8 Å². The largest absolute Gasteiger partial charge is 0.419 e. The molecule has 4 rings (SSSR count). The Bertz CT molecular complexity index is 972. The van der Waals surface area contributed by atoms with Crippen molar-refractivity contribution in [1.29, 1.82) is 0 Å². The van der Waals surface area contributed by atoms with Crippen molar-refractivity contribution in [3.05, 3.63) is 59.8 Å². The summed E-state index contributed by atoms with van der Waals surface area (Å²) in [5.41, 5.74) is -0.0737. The van der Waals surface area contributed by atoms with Gasteiger partial charge < -0.3 is 4.74 Å². The molecular formula is C26H33F3N4O2. The Labute approximate surface area is 204 Å². The maximum absolute atomic E-state index is 13.8. The summed E-state index contributed by atoms with van der Waals surface area (Å²) in [6.07, 6.45) is -1.85. The SMILES string of the molecule is CCC(=O)N(CC1(N2CCN(Cc3ccccc3)CC2)CCOCC1)c1ncccc1C(F)(F)F. The molecular weight excluding hydrogens is 457 g/mol. The quantitative estimate of drug-likeness (QED) is 0.582. The van der Waals surface area contributed by atoms with Gasteiger partial charge in [-0.2, -0.15) is 13.2 Å². The minimum absolute atomic E-state index is 0.102. The minimum atomic E-state index is -4.60. The van der Waals surface area contributed by atoms with Crippen molar-refractivity contribution < 1.29 is 22.7 Å². The lowest BCUT2D eigenvalue weighted by molar-refractivity contribution is -0.137. The highest BCUT2D eigenvalue weighted by Crippen LogP contribution is 2.38. The summed E-state index contributed by atoms with van der Waals surface area (Å²) < 4.78 is 47.1. The summed E-state index contributed by atoms with van der Waals surface area (Å²) in [6, 6.07) is 12.6. The fraction of sp³-hybridized carbons (Fsp3) is 0.538. The van der Waals surface area contributed by atoms with Crippen molar-refractivity contribution >= 4 is 11.7 Å². The van der Waals surface area contributed by atoms with Crippen LogP contribution in [0.15, 0.2) is 48.7 Å². The van der Waals surface area contributed by atoms with Gasteiger partial charge in [-0.05, 0) is 30.5 Å². The third-order valence-corrected chi connectivity index (χ3v) is 7.12. The van der Waals surface area contributed by atoms with Gasteiger partial charge in [0.2, 0.25) is 5.91 Å². The van der Waals surface area contributed by atoms with Crippen LogP contribution in [0.3, 0.4) is 0 Å². The number of nitrogens with zero attached hydrogens (tertiary/aromatic N) is 4. The molecule has 0 N–H and O–H groups in total. The predicted molar refractivity (Wildman–Crippen MR) is 128 cm³/mol. The van der Waals surface area contributed by atoms with Gasteiger partial charge in [-0.25, -0.2) is 4.98 Å². The number of amides is 1. The van der Waals surface area contributed by atoms with Gasteiger partial charge in [0, 0.05) is 70.6 Å². The van der Waals surface area contributed by atoms with Gasteiger partial charge >= 0.3 is 6.18 Å². The van der Waals surface area contributed by atoms with Gasteiger partial charge in [-0.1, -0.05) is 37.3 Å². The normalized spacial score (nSPS) is 19.4. The van der Waals surface area contributed by atoms with Crippen LogP contribution in [-0.2, 0) is 22.3 Å². The molecule has 6 nitrogen and oxygen atoms in total. The molecule has 35 heavy (non-hydrogen) atoms. The zero-order chi connectivity index (χ0) is 24.9. The highest BCUT2D eigenvalue weighted by molar-refractivity contribution is 5.93. The third-order valence-electron chi connectivity index (χ3n) is 7.12. The lowest BCUT2D eigenvalue weighted by Gasteiger charge is -2.51. The zero-order valence-electron chi connectivity index (χ0n) is 20.1. The number of pyridine rings is 1. The first-order valence-electron chi connectivity index (χ1n) is 12.2. The van der Waals surface area contributed by atoms with E-state index in [0.717, 1.165) is 38.8 Å². The van der Waals surface area contributed by atoms with E-state index in [9.17, 15) is 18.0 Å². The molecule has 0 bridgehead atoms. The number of hydrogen-bond donors (Lipinski definition) is 0. The average molecular weight is 491 g/mol. The number of piperazine rings is 1. The first-order valence-corrected chi connectivity index (χ1v) is 12.2. The van der Waals surface area contributed by atoms with Crippen molar-refractivity contribution in [2.45, 2.75) is 44.4 Å². The summed E-state index contributed by atoms with van der Waals surface area (Å²) in [5.74, 6) is -0.664. The Kier molecular flexibility index (Phi) is 8.09. The summed E-state index contributed by atoms with van der Waals surface area (Å²) >= 11 is 0. The van der Waals surface area contributed by atoms with Crippen molar-refractivity contribution in [3.63, 3.8) is 0 Å². The smallest absolute Gasteiger partial charge is 0.381 e. The molecule has 190 valence electrons. The van der Waals surface area contributed by atoms with Gasteiger partial charge in [-0.15, -0.1) is 0 Å². The Hall–Kier alpha value is -2.49. The van der Waals surface area contributed by atoms with Crippen LogP contribution in [0.5, 0.6) is 0 Å². The molecule has 0 atom stereocenters. The highest BCUT2D eigenvalue weighted by Gasteiger charge is 2.44. The monoisotopic (exact) mass is 490 g/mol. The summed E-state index contributed by atoms with van der Waals surface area (Å²) in [4.78, 5) is 23.1. The van der Waals surface area contributed by atoms with Crippen LogP contribution in [0.1, 0.15) is 37.3 Å². The molecule has 1 aromatic carbocycles. The molecule has 0 unspecified atom stereocenters. The number of aromatic nitrogens is 1. The second-order valence-electron chi connectivity index (χ2n) is 9.29. The summed E-state index contributed by atoms with van der Waals surface area (Å²) in [7, 11) is 0. The number of carbonyl (C=O) groups is 1. The molecule has 1 amide bonds. The maximum atomic E-state index is 13.8. The maximum Gasteiger partial charge on any atom is 0.419 e. The molecule has 0 saturated carbocycles. The van der Waals surface area contributed by atoms with Gasteiger partial charge in [0.25, 0.3) is 0 Å². The number of benzene rings is 1. The van der Waals surface area contributed by atoms with E-state index >= 15 is 0 Å². The van der Waals surface area contributed by atoms with Crippen molar-refractivity contribution in [3.8, 4) is 0 Å². The third kappa shape index (κ3) is 6.02. The fourth-order valence-corrected chi connectivity index (χ4v) is 5.15. The first kappa shape index (κ1) is 25.6. The van der Waals surface area contributed by atoms with E-state index < -0.39 is 17.3 Å². The van der Waals surface area contributed by atoms with Crippen LogP contribution in [0.2, 0.25) is 0 Å². The van der Waals surface area contributed by atoms with Crippen molar-refractivity contribution in [2.24, 2.45) is 0 Å². The van der Waals surface area contributed by atoms with E-state index in [-0.39, 0.29) is 24.7 Å². The van der Waals surface area contributed by atoms with Crippen LogP contribution in [-0.4, -0.2) is 72.2 Å². The van der Waals surface area contributed by atoms with E-state index in [2.05, 4.69) is 26.9 Å². The van der Waals surface area contributed by atoms with Crippen LogP contribution in [0, 0.1) is 0 Å². The standard InChI is InChI=1S/C26H33F3N4O2/c1-2-23(34)33(24-22(26(27,28)29)9-6-12-30-24)20-25(10-17-35-18-11-25)32-15-13-31(14-16-32)19-21-7-4-3-5-8-21/h3-9,12H,2,10-11,13-20H2,1H3. The Morgan fingerprint density at radius 1 is 1.06 bits per heavy atom. The Morgan fingerprint density at radius 2 is 1.74 bits per heavy atom. The van der Waals surface area contributed by atoms with E-state index in [4.69, 9.17) is 4.74 Å². The lowest BCUT2D eigenvalue weighted by Crippen LogP contribution is -2.63. The van der Waals surface area contributed by atoms with Crippen LogP contribution in [0.25, 0.3) is 0 Å². The van der Waals surface area contributed by atoms with E-state index in [1.165, 1.54) is 22.7 Å². The second-order valence-corrected chi connectivity index (χ2v) is 9.29. The molecule has 3 heterocycles. The second kappa shape index (κ2) is 11.1. The molecule has 2 aliphatic heterocycles. The Balaban J connectivity index is 1.56. The van der Waals surface area contributed by atoms with Crippen LogP contribution < -0.4 is 4.90 Å². The van der Waals surface area contributed by atoms with E-state index in [1.54, 1.807) is 6.92 Å². The lowest BCUT2D eigenvalue weighted by atomic mass is 9.86. The number of carbonyl (C=O) groups excluding carboxylic acids is 1. The summed E-state index contributed by atoms with van der Waals surface area (Å²) in [5, 5.41) is 0. The van der Waals surface area contributed by atoms with Gasteiger partial charge in [-0.3, -0.25) is 19.5 Å². The van der Waals surface area contributed by atoms with Crippen LogP contribution in [0.4, 0.5) is 19.0 Å². The number of anilines is 1. The molecule has 9 heteroatoms. The highest BCUT2D eigenvalue weighted by atomic mass is 19.4. The molecule has 2 saturated heterocycles. The molecule has 2 aromatic rings.